The Morgan fingerprint density at radius 3 is 2.44 bits per heavy atom. The van der Waals surface area contributed by atoms with E-state index in [9.17, 15) is 0 Å². The first kappa shape index (κ1) is 14.1. The van der Waals surface area contributed by atoms with Gasteiger partial charge in [-0.05, 0) is 38.5 Å². The van der Waals surface area contributed by atoms with E-state index < -0.39 is 0 Å². The molecule has 1 aromatic carbocycles. The van der Waals surface area contributed by atoms with Crippen molar-refractivity contribution in [1.29, 1.82) is 0 Å². The molecule has 18 heavy (non-hydrogen) atoms. The van der Waals surface area contributed by atoms with Crippen molar-refractivity contribution in [2.75, 3.05) is 13.7 Å². The van der Waals surface area contributed by atoms with E-state index in [1.54, 1.807) is 7.11 Å². The van der Waals surface area contributed by atoms with Crippen molar-refractivity contribution in [2.45, 2.75) is 36.9 Å². The summed E-state index contributed by atoms with van der Waals surface area (Å²) in [4.78, 5) is 0. The fourth-order valence-electron chi connectivity index (χ4n) is 2.13. The highest BCUT2D eigenvalue weighted by Crippen LogP contribution is 2.59. The van der Waals surface area contributed by atoms with Crippen LogP contribution in [0.1, 0.15) is 31.6 Å². The highest BCUT2D eigenvalue weighted by atomic mass is 33.1. The third-order valence-corrected chi connectivity index (χ3v) is 6.80. The van der Waals surface area contributed by atoms with Crippen molar-refractivity contribution in [3.63, 3.8) is 0 Å². The molecule has 100 valence electrons. The van der Waals surface area contributed by atoms with Gasteiger partial charge in [0.25, 0.3) is 0 Å². The smallest absolute Gasteiger partial charge is 0.118 e. The summed E-state index contributed by atoms with van der Waals surface area (Å²) in [6, 6.07) is 8.33. The molecule has 1 heterocycles. The van der Waals surface area contributed by atoms with E-state index in [1.807, 2.05) is 33.7 Å². The molecule has 1 aromatic rings. The lowest BCUT2D eigenvalue weighted by Gasteiger charge is -2.28. The maximum Gasteiger partial charge on any atom is 0.118 e. The predicted molar refractivity (Wildman–Crippen MR) is 80.4 cm³/mol. The molecule has 2 nitrogen and oxygen atoms in total. The van der Waals surface area contributed by atoms with Gasteiger partial charge in [0, 0.05) is 11.4 Å². The van der Waals surface area contributed by atoms with Gasteiger partial charge in [-0.2, -0.15) is 0 Å². The lowest BCUT2D eigenvalue weighted by Crippen LogP contribution is -2.34. The molecule has 0 amide bonds. The summed E-state index contributed by atoms with van der Waals surface area (Å²) in [6.45, 7) is 7.35. The number of methoxy groups -OCH3 is 1. The molecule has 1 aliphatic heterocycles. The number of hydrogen-bond acceptors (Lipinski definition) is 4. The second-order valence-electron chi connectivity index (χ2n) is 4.85. The molecular formula is C14H20O2S2. The molecule has 0 aliphatic carbocycles. The third kappa shape index (κ3) is 2.81. The Bertz CT molecular complexity index is 389. The Labute approximate surface area is 117 Å². The third-order valence-electron chi connectivity index (χ3n) is 3.12. The maximum absolute atomic E-state index is 5.97. The normalized spacial score (nSPS) is 26.2. The Morgan fingerprint density at radius 2 is 1.89 bits per heavy atom. The van der Waals surface area contributed by atoms with E-state index in [0.29, 0.717) is 5.25 Å². The molecular weight excluding hydrogens is 264 g/mol. The van der Waals surface area contributed by atoms with Crippen molar-refractivity contribution in [3.05, 3.63) is 29.8 Å². The SMILES string of the molecule is CCOC1C(c2ccc(OC)cc2)SSC1(C)C. The van der Waals surface area contributed by atoms with E-state index in [4.69, 9.17) is 9.47 Å². The minimum Gasteiger partial charge on any atom is -0.497 e. The van der Waals surface area contributed by atoms with Crippen LogP contribution in [0.2, 0.25) is 0 Å². The zero-order chi connectivity index (χ0) is 13.2. The highest BCUT2D eigenvalue weighted by Gasteiger charge is 2.45. The summed E-state index contributed by atoms with van der Waals surface area (Å²) in [6.07, 6.45) is 0.255. The lowest BCUT2D eigenvalue weighted by atomic mass is 9.97. The maximum atomic E-state index is 5.97. The van der Waals surface area contributed by atoms with Gasteiger partial charge in [0.2, 0.25) is 0 Å². The van der Waals surface area contributed by atoms with Crippen LogP contribution in [-0.2, 0) is 4.74 Å². The predicted octanol–water partition coefficient (Wildman–Crippen LogP) is 4.32. The largest absolute Gasteiger partial charge is 0.497 e. The van der Waals surface area contributed by atoms with Gasteiger partial charge >= 0.3 is 0 Å². The highest BCUT2D eigenvalue weighted by molar-refractivity contribution is 8.77. The summed E-state index contributed by atoms with van der Waals surface area (Å²) in [5, 5.41) is 0.399. The van der Waals surface area contributed by atoms with E-state index >= 15 is 0 Å². The Morgan fingerprint density at radius 1 is 1.22 bits per heavy atom. The summed E-state index contributed by atoms with van der Waals surface area (Å²) < 4.78 is 11.3. The Kier molecular flexibility index (Phi) is 4.51. The van der Waals surface area contributed by atoms with E-state index in [1.165, 1.54) is 5.56 Å². The molecule has 0 spiro atoms. The van der Waals surface area contributed by atoms with Crippen LogP contribution in [0.5, 0.6) is 5.75 Å². The second kappa shape index (κ2) is 5.76. The van der Waals surface area contributed by atoms with Crippen molar-refractivity contribution in [3.8, 4) is 5.75 Å². The minimum atomic E-state index is 0.158. The summed E-state index contributed by atoms with van der Waals surface area (Å²) in [5.74, 6) is 0.904. The van der Waals surface area contributed by atoms with Gasteiger partial charge in [0.15, 0.2) is 0 Å². The second-order valence-corrected chi connectivity index (χ2v) is 7.85. The monoisotopic (exact) mass is 284 g/mol. The molecule has 2 unspecified atom stereocenters. The van der Waals surface area contributed by atoms with E-state index in [2.05, 4.69) is 32.9 Å². The number of ether oxygens (including phenoxy) is 2. The van der Waals surface area contributed by atoms with Crippen LogP contribution in [0, 0.1) is 0 Å². The Hall–Kier alpha value is -0.320. The molecule has 0 aromatic heterocycles. The number of rotatable bonds is 4. The average molecular weight is 284 g/mol. The molecule has 1 aliphatic rings. The molecule has 0 radical (unpaired) electrons. The summed E-state index contributed by atoms with van der Waals surface area (Å²) >= 11 is 0. The molecule has 1 saturated heterocycles. The van der Waals surface area contributed by atoms with Gasteiger partial charge in [-0.25, -0.2) is 0 Å². The zero-order valence-corrected chi connectivity index (χ0v) is 12.9. The molecule has 0 saturated carbocycles. The van der Waals surface area contributed by atoms with Gasteiger partial charge in [0.05, 0.1) is 18.5 Å². The van der Waals surface area contributed by atoms with Crippen LogP contribution in [0.15, 0.2) is 24.3 Å². The summed E-state index contributed by atoms with van der Waals surface area (Å²) in [7, 11) is 5.53. The molecule has 2 atom stereocenters. The lowest BCUT2D eigenvalue weighted by molar-refractivity contribution is 0.0431. The van der Waals surface area contributed by atoms with Crippen molar-refractivity contribution >= 4 is 21.6 Å². The topological polar surface area (TPSA) is 18.5 Å². The molecule has 0 N–H and O–H groups in total. The van der Waals surface area contributed by atoms with Gasteiger partial charge in [0.1, 0.15) is 5.75 Å². The van der Waals surface area contributed by atoms with Crippen LogP contribution in [0.3, 0.4) is 0 Å². The number of benzene rings is 1. The van der Waals surface area contributed by atoms with Crippen LogP contribution in [-0.4, -0.2) is 24.6 Å². The van der Waals surface area contributed by atoms with Crippen molar-refractivity contribution < 1.29 is 9.47 Å². The first-order chi connectivity index (χ1) is 8.58. The van der Waals surface area contributed by atoms with Crippen molar-refractivity contribution in [2.24, 2.45) is 0 Å². The van der Waals surface area contributed by atoms with Crippen LogP contribution in [0.4, 0.5) is 0 Å². The van der Waals surface area contributed by atoms with Crippen LogP contribution in [0.25, 0.3) is 0 Å². The first-order valence-electron chi connectivity index (χ1n) is 6.18. The van der Waals surface area contributed by atoms with E-state index in [0.717, 1.165) is 12.4 Å². The summed E-state index contributed by atoms with van der Waals surface area (Å²) in [5.41, 5.74) is 1.32. The Balaban J connectivity index is 2.20. The quantitative estimate of drug-likeness (QED) is 0.766. The van der Waals surface area contributed by atoms with E-state index in [-0.39, 0.29) is 10.9 Å². The molecule has 0 bridgehead atoms. The number of hydrogen-bond donors (Lipinski definition) is 0. The van der Waals surface area contributed by atoms with Gasteiger partial charge in [-0.15, -0.1) is 0 Å². The first-order valence-corrected chi connectivity index (χ1v) is 8.40. The molecule has 4 heteroatoms. The fourth-order valence-corrected chi connectivity index (χ4v) is 5.63. The van der Waals surface area contributed by atoms with Gasteiger partial charge in [-0.1, -0.05) is 33.7 Å². The fraction of sp³-hybridized carbons (Fsp3) is 0.571. The average Bonchev–Trinajstić information content (AvgIpc) is 2.66. The zero-order valence-electron chi connectivity index (χ0n) is 11.3. The standard InChI is InChI=1S/C14H20O2S2/c1-5-16-13-12(17-18-14(13,2)3)10-6-8-11(15-4)9-7-10/h6-9,12-13H,5H2,1-4H3. The van der Waals surface area contributed by atoms with Crippen LogP contribution >= 0.6 is 21.6 Å². The minimum absolute atomic E-state index is 0.158. The van der Waals surface area contributed by atoms with Crippen LogP contribution < -0.4 is 4.74 Å². The molecule has 2 rings (SSSR count). The van der Waals surface area contributed by atoms with Gasteiger partial charge < -0.3 is 9.47 Å². The molecule has 1 fully saturated rings. The van der Waals surface area contributed by atoms with Gasteiger partial charge in [-0.3, -0.25) is 0 Å². The van der Waals surface area contributed by atoms with Crippen molar-refractivity contribution in [1.82, 2.24) is 0 Å².